The Bertz CT molecular complexity index is 80.4. The first kappa shape index (κ1) is 8.71. The van der Waals surface area contributed by atoms with Crippen molar-refractivity contribution in [3.05, 3.63) is 0 Å². The summed E-state index contributed by atoms with van der Waals surface area (Å²) in [5, 5.41) is 8.25. The van der Waals surface area contributed by atoms with Crippen LogP contribution in [-0.4, -0.2) is 17.8 Å². The Hall–Kier alpha value is -0.290. The Balaban J connectivity index is 3.47. The van der Waals surface area contributed by atoms with Crippen molar-refractivity contribution in [2.75, 3.05) is 0 Å². The van der Waals surface area contributed by atoms with Crippen molar-refractivity contribution in [1.29, 1.82) is 0 Å². The fourth-order valence-corrected chi connectivity index (χ4v) is 0.238. The molecule has 1 atom stereocenters. The molecule has 9 heavy (non-hydrogen) atoms. The molecule has 0 aliphatic rings. The number of aliphatic hydroxyl groups is 1. The van der Waals surface area contributed by atoms with Gasteiger partial charge in [-0.15, -0.1) is 13.2 Å². The Morgan fingerprint density at radius 3 is 2.11 bits per heavy atom. The summed E-state index contributed by atoms with van der Waals surface area (Å²) in [6.45, 7) is 1.39. The fourth-order valence-electron chi connectivity index (χ4n) is 0.238. The van der Waals surface area contributed by atoms with Gasteiger partial charge < -0.3 is 5.11 Å². The third-order valence-corrected chi connectivity index (χ3v) is 0.619. The Kier molecular flexibility index (Phi) is 2.93. The van der Waals surface area contributed by atoms with Gasteiger partial charge in [-0.2, -0.15) is 0 Å². The molecule has 0 saturated carbocycles. The first-order chi connectivity index (χ1) is 3.95. The molecule has 0 saturated heterocycles. The Morgan fingerprint density at radius 2 is 2.00 bits per heavy atom. The summed E-state index contributed by atoms with van der Waals surface area (Å²) in [5.41, 5.74) is 0. The van der Waals surface area contributed by atoms with E-state index in [-0.39, 0.29) is 6.42 Å². The second kappa shape index (κ2) is 3.03. The predicted octanol–water partition coefficient (Wildman–Crippen LogP) is 1.25. The highest BCUT2D eigenvalue weighted by Gasteiger charge is 2.31. The zero-order chi connectivity index (χ0) is 7.49. The minimum absolute atomic E-state index is 0.0699. The molecule has 1 N–H and O–H groups in total. The minimum atomic E-state index is -4.73. The second-order valence-corrected chi connectivity index (χ2v) is 1.43. The lowest BCUT2D eigenvalue weighted by molar-refractivity contribution is -0.372. The normalized spacial score (nSPS) is 15.7. The summed E-state index contributed by atoms with van der Waals surface area (Å²) in [6, 6.07) is 0. The lowest BCUT2D eigenvalue weighted by atomic mass is 10.5. The van der Waals surface area contributed by atoms with Crippen molar-refractivity contribution in [3.8, 4) is 0 Å². The molecular weight excluding hydrogens is 137 g/mol. The van der Waals surface area contributed by atoms with Crippen molar-refractivity contribution in [2.45, 2.75) is 26.0 Å². The second-order valence-electron chi connectivity index (χ2n) is 1.43. The van der Waals surface area contributed by atoms with E-state index in [0.29, 0.717) is 0 Å². The molecule has 0 bridgehead atoms. The molecule has 2 nitrogen and oxygen atoms in total. The van der Waals surface area contributed by atoms with Gasteiger partial charge in [-0.3, -0.25) is 4.74 Å². The molecule has 5 heteroatoms. The zero-order valence-electron chi connectivity index (χ0n) is 4.77. The van der Waals surface area contributed by atoms with Gasteiger partial charge in [0.15, 0.2) is 6.29 Å². The molecule has 0 aromatic heterocycles. The lowest BCUT2D eigenvalue weighted by Crippen LogP contribution is -2.22. The molecule has 0 rings (SSSR count). The van der Waals surface area contributed by atoms with Crippen LogP contribution < -0.4 is 0 Å². The van der Waals surface area contributed by atoms with E-state index in [2.05, 4.69) is 4.74 Å². The highest BCUT2D eigenvalue weighted by Crippen LogP contribution is 2.18. The van der Waals surface area contributed by atoms with E-state index in [0.717, 1.165) is 0 Å². The molecule has 0 aromatic carbocycles. The average molecular weight is 144 g/mol. The van der Waals surface area contributed by atoms with Gasteiger partial charge in [0, 0.05) is 0 Å². The van der Waals surface area contributed by atoms with Crippen molar-refractivity contribution in [2.24, 2.45) is 0 Å². The molecule has 0 aromatic rings. The molecule has 0 aliphatic heterocycles. The molecular formula is C4H7F3O2. The van der Waals surface area contributed by atoms with Crippen molar-refractivity contribution < 1.29 is 23.0 Å². The van der Waals surface area contributed by atoms with E-state index in [1.807, 2.05) is 0 Å². The van der Waals surface area contributed by atoms with Crippen LogP contribution >= 0.6 is 0 Å². The molecule has 0 aliphatic carbocycles. The van der Waals surface area contributed by atoms with Crippen LogP contribution in [0.5, 0.6) is 0 Å². The van der Waals surface area contributed by atoms with E-state index in [9.17, 15) is 13.2 Å². The molecule has 0 radical (unpaired) electrons. The molecule has 0 amide bonds. The van der Waals surface area contributed by atoms with Gasteiger partial charge >= 0.3 is 6.36 Å². The standard InChI is InChI=1S/C4H7F3O2/c1-2-3(8)9-4(5,6)7/h3,8H,2H2,1H3. The summed E-state index contributed by atoms with van der Waals surface area (Å²) < 4.78 is 36.5. The number of rotatable bonds is 2. The first-order valence-electron chi connectivity index (χ1n) is 2.38. The van der Waals surface area contributed by atoms with Crippen LogP contribution in [0.4, 0.5) is 13.2 Å². The maximum absolute atomic E-state index is 11.1. The average Bonchev–Trinajstić information content (AvgIpc) is 1.62. The van der Waals surface area contributed by atoms with Gasteiger partial charge in [-0.25, -0.2) is 0 Å². The number of hydrogen-bond donors (Lipinski definition) is 1. The summed E-state index contributed by atoms with van der Waals surface area (Å²) >= 11 is 0. The maximum atomic E-state index is 11.1. The lowest BCUT2D eigenvalue weighted by Gasteiger charge is -2.10. The van der Waals surface area contributed by atoms with Crippen LogP contribution in [0.25, 0.3) is 0 Å². The predicted molar refractivity (Wildman–Crippen MR) is 23.4 cm³/mol. The molecule has 1 unspecified atom stereocenters. The van der Waals surface area contributed by atoms with Gasteiger partial charge in [0.05, 0.1) is 0 Å². The van der Waals surface area contributed by atoms with Crippen LogP contribution in [0, 0.1) is 0 Å². The summed E-state index contributed by atoms with van der Waals surface area (Å²) in [7, 11) is 0. The third-order valence-electron chi connectivity index (χ3n) is 0.619. The number of aliphatic hydroxyl groups excluding tert-OH is 1. The van der Waals surface area contributed by atoms with Gasteiger partial charge in [-0.1, -0.05) is 6.92 Å². The summed E-state index contributed by atoms with van der Waals surface area (Å²) in [6.07, 6.45) is -6.53. The molecule has 56 valence electrons. The van der Waals surface area contributed by atoms with Crippen molar-refractivity contribution in [1.82, 2.24) is 0 Å². The van der Waals surface area contributed by atoms with Crippen molar-refractivity contribution >= 4 is 0 Å². The minimum Gasteiger partial charge on any atom is -0.368 e. The maximum Gasteiger partial charge on any atom is 0.524 e. The van der Waals surface area contributed by atoms with Crippen LogP contribution in [0.3, 0.4) is 0 Å². The van der Waals surface area contributed by atoms with Gasteiger partial charge in [0.1, 0.15) is 0 Å². The largest absolute Gasteiger partial charge is 0.524 e. The highest BCUT2D eigenvalue weighted by atomic mass is 19.4. The number of halogens is 3. The van der Waals surface area contributed by atoms with Gasteiger partial charge in [0.25, 0.3) is 0 Å². The van der Waals surface area contributed by atoms with Gasteiger partial charge in [0.2, 0.25) is 0 Å². The number of alkyl halides is 3. The van der Waals surface area contributed by atoms with E-state index in [1.54, 1.807) is 0 Å². The number of hydrogen-bond acceptors (Lipinski definition) is 2. The highest BCUT2D eigenvalue weighted by molar-refractivity contribution is 4.35. The third kappa shape index (κ3) is 5.58. The topological polar surface area (TPSA) is 29.5 Å². The van der Waals surface area contributed by atoms with Crippen LogP contribution in [-0.2, 0) is 4.74 Å². The van der Waals surface area contributed by atoms with Crippen LogP contribution in [0.15, 0.2) is 0 Å². The fraction of sp³-hybridized carbons (Fsp3) is 1.00. The molecule has 0 spiro atoms. The zero-order valence-corrected chi connectivity index (χ0v) is 4.77. The Labute approximate surface area is 50.2 Å². The van der Waals surface area contributed by atoms with E-state index in [4.69, 9.17) is 5.11 Å². The quantitative estimate of drug-likeness (QED) is 0.591. The first-order valence-corrected chi connectivity index (χ1v) is 2.38. The van der Waals surface area contributed by atoms with Crippen LogP contribution in [0.1, 0.15) is 13.3 Å². The molecule has 0 fully saturated rings. The molecule has 0 heterocycles. The van der Waals surface area contributed by atoms with E-state index >= 15 is 0 Å². The van der Waals surface area contributed by atoms with Gasteiger partial charge in [-0.05, 0) is 6.42 Å². The SMILES string of the molecule is CCC(O)OC(F)(F)F. The summed E-state index contributed by atoms with van der Waals surface area (Å²) in [4.78, 5) is 0. The summed E-state index contributed by atoms with van der Waals surface area (Å²) in [5.74, 6) is 0. The smallest absolute Gasteiger partial charge is 0.368 e. The van der Waals surface area contributed by atoms with Crippen LogP contribution in [0.2, 0.25) is 0 Å². The Morgan fingerprint density at radius 1 is 1.56 bits per heavy atom. The van der Waals surface area contributed by atoms with E-state index in [1.165, 1.54) is 6.92 Å². The van der Waals surface area contributed by atoms with Crippen molar-refractivity contribution in [3.63, 3.8) is 0 Å². The monoisotopic (exact) mass is 144 g/mol. The van der Waals surface area contributed by atoms with E-state index < -0.39 is 12.7 Å². The number of ether oxygens (including phenoxy) is 1.